The summed E-state index contributed by atoms with van der Waals surface area (Å²) in [7, 11) is -4.71. The number of carbonyl (C=O) groups is 1. The summed E-state index contributed by atoms with van der Waals surface area (Å²) in [4.78, 5) is 24.4. The zero-order valence-electron chi connectivity index (χ0n) is 18.7. The molecule has 11 nitrogen and oxygen atoms in total. The van der Waals surface area contributed by atoms with Gasteiger partial charge >= 0.3 is 12.1 Å². The summed E-state index contributed by atoms with van der Waals surface area (Å²) in [6.07, 6.45) is -0.477. The van der Waals surface area contributed by atoms with Crippen LogP contribution in [0.4, 0.5) is 19.0 Å². The van der Waals surface area contributed by atoms with E-state index in [1.165, 1.54) is 35.3 Å². The molecule has 6 rings (SSSR count). The van der Waals surface area contributed by atoms with Gasteiger partial charge in [-0.25, -0.2) is 27.9 Å². The standard InChI is InChI=1S/C21H20F3N7O4S/c1-12-3-4-14(7-15(12)16-10-26-17(25)18(29-16)30-6-2-5-28-30)36(33,34)31(35-19(32)21(22,23)24)20-8-13(9-20)27-11-20/h2-7,10,13,27H,8-9,11H2,1H3,(H2,25,26). The van der Waals surface area contributed by atoms with Gasteiger partial charge in [0.15, 0.2) is 11.6 Å². The molecular formula is C21H20F3N7O4S. The van der Waals surface area contributed by atoms with Crippen molar-refractivity contribution in [1.29, 1.82) is 0 Å². The smallest absolute Gasteiger partial charge is 0.381 e. The minimum absolute atomic E-state index is 0.0530. The summed E-state index contributed by atoms with van der Waals surface area (Å²) >= 11 is 0. The van der Waals surface area contributed by atoms with E-state index in [2.05, 4.69) is 25.2 Å². The Morgan fingerprint density at radius 2 is 2.08 bits per heavy atom. The largest absolute Gasteiger partial charge is 0.492 e. The molecule has 1 saturated carbocycles. The molecule has 1 aliphatic carbocycles. The number of alkyl halides is 3. The van der Waals surface area contributed by atoms with Gasteiger partial charge in [0.1, 0.15) is 0 Å². The molecular weight excluding hydrogens is 503 g/mol. The molecule has 36 heavy (non-hydrogen) atoms. The third-order valence-electron chi connectivity index (χ3n) is 6.26. The van der Waals surface area contributed by atoms with Gasteiger partial charge < -0.3 is 15.9 Å². The van der Waals surface area contributed by atoms with Crippen molar-refractivity contribution in [3.8, 4) is 17.1 Å². The number of fused-ring (bicyclic) bond motifs is 1. The van der Waals surface area contributed by atoms with E-state index in [1.54, 1.807) is 19.2 Å². The number of hydrogen-bond donors (Lipinski definition) is 2. The summed E-state index contributed by atoms with van der Waals surface area (Å²) in [5.74, 6) is -2.32. The van der Waals surface area contributed by atoms with Crippen molar-refractivity contribution < 1.29 is 31.2 Å². The Balaban J connectivity index is 1.57. The molecule has 1 aromatic carbocycles. The molecule has 0 radical (unpaired) electrons. The van der Waals surface area contributed by atoms with Crippen LogP contribution in [0.2, 0.25) is 0 Å². The summed E-state index contributed by atoms with van der Waals surface area (Å²) < 4.78 is 67.8. The molecule has 4 heterocycles. The number of nitrogen functional groups attached to an aromatic ring is 1. The number of sulfonamides is 1. The van der Waals surface area contributed by atoms with E-state index >= 15 is 0 Å². The summed E-state index contributed by atoms with van der Waals surface area (Å²) in [6.45, 7) is 1.76. The first-order valence-corrected chi connectivity index (χ1v) is 12.2. The van der Waals surface area contributed by atoms with Gasteiger partial charge in [-0.2, -0.15) is 18.3 Å². The lowest BCUT2D eigenvalue weighted by Crippen LogP contribution is -2.58. The van der Waals surface area contributed by atoms with Crippen LogP contribution in [0.3, 0.4) is 0 Å². The third kappa shape index (κ3) is 3.98. The lowest BCUT2D eigenvalue weighted by atomic mass is 9.79. The Morgan fingerprint density at radius 3 is 2.69 bits per heavy atom. The van der Waals surface area contributed by atoms with Crippen molar-refractivity contribution in [2.24, 2.45) is 0 Å². The maximum atomic E-state index is 13.6. The fraction of sp³-hybridized carbons (Fsp3) is 0.333. The van der Waals surface area contributed by atoms with E-state index in [4.69, 9.17) is 5.73 Å². The second kappa shape index (κ2) is 8.25. The minimum Gasteiger partial charge on any atom is -0.381 e. The van der Waals surface area contributed by atoms with Gasteiger partial charge in [0.25, 0.3) is 10.0 Å². The molecule has 3 aromatic rings. The summed E-state index contributed by atoms with van der Waals surface area (Å²) in [6, 6.07) is 5.56. The van der Waals surface area contributed by atoms with Crippen LogP contribution < -0.4 is 11.1 Å². The average molecular weight is 523 g/mol. The van der Waals surface area contributed by atoms with Crippen molar-refractivity contribution in [3.63, 3.8) is 0 Å². The maximum absolute atomic E-state index is 13.6. The second-order valence-electron chi connectivity index (χ2n) is 8.71. The maximum Gasteiger partial charge on any atom is 0.492 e. The zero-order chi connectivity index (χ0) is 25.9. The highest BCUT2D eigenvalue weighted by atomic mass is 32.2. The molecule has 15 heteroatoms. The Bertz CT molecular complexity index is 1430. The van der Waals surface area contributed by atoms with Crippen molar-refractivity contribution in [2.45, 2.75) is 42.4 Å². The van der Waals surface area contributed by atoms with Crippen LogP contribution in [0.15, 0.2) is 47.8 Å². The van der Waals surface area contributed by atoms with Gasteiger partial charge in [0.2, 0.25) is 0 Å². The highest BCUT2D eigenvalue weighted by molar-refractivity contribution is 7.89. The van der Waals surface area contributed by atoms with Crippen molar-refractivity contribution in [2.75, 3.05) is 12.3 Å². The van der Waals surface area contributed by atoms with Gasteiger partial charge in [-0.3, -0.25) is 0 Å². The lowest BCUT2D eigenvalue weighted by Gasteiger charge is -2.43. The van der Waals surface area contributed by atoms with Crippen molar-refractivity contribution in [1.82, 2.24) is 29.5 Å². The van der Waals surface area contributed by atoms with Gasteiger partial charge in [-0.1, -0.05) is 6.07 Å². The molecule has 3 N–H and O–H groups in total. The Labute approximate surface area is 203 Å². The van der Waals surface area contributed by atoms with E-state index in [9.17, 15) is 26.4 Å². The number of nitrogens with two attached hydrogens (primary N) is 1. The molecule has 2 saturated heterocycles. The number of hydrogen-bond acceptors (Lipinski definition) is 9. The fourth-order valence-electron chi connectivity index (χ4n) is 4.44. The Kier molecular flexibility index (Phi) is 5.53. The van der Waals surface area contributed by atoms with Crippen LogP contribution in [0.25, 0.3) is 17.1 Å². The molecule has 0 unspecified atom stereocenters. The molecule has 0 atom stereocenters. The highest BCUT2D eigenvalue weighted by Gasteiger charge is 2.61. The molecule has 3 aliphatic rings. The topological polar surface area (TPSA) is 145 Å². The fourth-order valence-corrected chi connectivity index (χ4v) is 6.02. The summed E-state index contributed by atoms with van der Waals surface area (Å²) in [5, 5.41) is 7.08. The SMILES string of the molecule is Cc1ccc(S(=O)(=O)N(OC(=O)C(F)(F)F)C23CNC(C2)C3)cc1-c1cnc(N)c(-n2cccn2)n1. The van der Waals surface area contributed by atoms with Gasteiger partial charge in [-0.15, -0.1) is 0 Å². The number of aromatic nitrogens is 4. The number of rotatable bonds is 6. The van der Waals surface area contributed by atoms with Crippen LogP contribution in [0, 0.1) is 6.92 Å². The first kappa shape index (κ1) is 24.1. The molecule has 2 aromatic heterocycles. The first-order chi connectivity index (χ1) is 16.9. The Hall–Kier alpha value is -3.56. The number of aryl methyl sites for hydroxylation is 1. The van der Waals surface area contributed by atoms with E-state index in [0.717, 1.165) is 0 Å². The number of halogens is 3. The van der Waals surface area contributed by atoms with Gasteiger partial charge in [-0.05, 0) is 48.0 Å². The first-order valence-electron chi connectivity index (χ1n) is 10.7. The monoisotopic (exact) mass is 523 g/mol. The summed E-state index contributed by atoms with van der Waals surface area (Å²) in [5.41, 5.74) is 5.83. The number of benzene rings is 1. The van der Waals surface area contributed by atoms with Crippen LogP contribution in [-0.4, -0.2) is 62.9 Å². The van der Waals surface area contributed by atoms with E-state index in [1.807, 2.05) is 0 Å². The number of nitrogens with one attached hydrogen (secondary N) is 1. The third-order valence-corrected chi connectivity index (χ3v) is 8.01. The van der Waals surface area contributed by atoms with Crippen molar-refractivity contribution in [3.05, 3.63) is 48.4 Å². The quantitative estimate of drug-likeness (QED) is 0.462. The van der Waals surface area contributed by atoms with Crippen molar-refractivity contribution >= 4 is 21.8 Å². The van der Waals surface area contributed by atoms with Crippen LogP contribution in [0.1, 0.15) is 18.4 Å². The molecule has 190 valence electrons. The second-order valence-corrected chi connectivity index (χ2v) is 10.5. The predicted molar refractivity (Wildman–Crippen MR) is 119 cm³/mol. The number of hydroxylamine groups is 1. The normalized spacial score (nSPS) is 21.4. The average Bonchev–Trinajstić information content (AvgIpc) is 3.55. The van der Waals surface area contributed by atoms with Crippen LogP contribution in [-0.2, 0) is 19.7 Å². The molecule has 3 fully saturated rings. The van der Waals surface area contributed by atoms with E-state index in [-0.39, 0.29) is 52.1 Å². The molecule has 2 bridgehead atoms. The molecule has 0 amide bonds. The molecule has 0 spiro atoms. The van der Waals surface area contributed by atoms with Crippen LogP contribution >= 0.6 is 0 Å². The number of anilines is 1. The minimum atomic E-state index is -5.37. The highest BCUT2D eigenvalue weighted by Crippen LogP contribution is 2.46. The van der Waals surface area contributed by atoms with Gasteiger partial charge in [0, 0.05) is 30.5 Å². The zero-order valence-corrected chi connectivity index (χ0v) is 19.5. The lowest BCUT2D eigenvalue weighted by molar-refractivity contribution is -0.237. The van der Waals surface area contributed by atoms with E-state index < -0.39 is 27.7 Å². The number of nitrogens with zero attached hydrogens (tertiary/aromatic N) is 5. The number of carbonyl (C=O) groups excluding carboxylic acids is 1. The predicted octanol–water partition coefficient (Wildman–Crippen LogP) is 1.74. The molecule has 2 aliphatic heterocycles. The van der Waals surface area contributed by atoms with Gasteiger partial charge in [0.05, 0.1) is 22.3 Å². The Morgan fingerprint density at radius 1 is 1.33 bits per heavy atom. The van der Waals surface area contributed by atoms with E-state index in [0.29, 0.717) is 11.1 Å². The van der Waals surface area contributed by atoms with Crippen LogP contribution in [0.5, 0.6) is 0 Å².